The van der Waals surface area contributed by atoms with Gasteiger partial charge in [-0.2, -0.15) is 0 Å². The van der Waals surface area contributed by atoms with Gasteiger partial charge in [-0.1, -0.05) is 25.0 Å². The maximum Gasteiger partial charge on any atom is 0.119 e. The fourth-order valence-corrected chi connectivity index (χ4v) is 2.30. The Labute approximate surface area is 98.0 Å². The second-order valence-corrected chi connectivity index (χ2v) is 4.36. The molecule has 0 bridgehead atoms. The summed E-state index contributed by atoms with van der Waals surface area (Å²) in [7, 11) is 0. The molecular weight excluding hydrogens is 198 g/mol. The molecule has 1 saturated heterocycles. The van der Waals surface area contributed by atoms with Crippen LogP contribution in [0.25, 0.3) is 0 Å². The fourth-order valence-electron chi connectivity index (χ4n) is 2.30. The molecule has 2 heteroatoms. The number of ether oxygens (including phenoxy) is 1. The van der Waals surface area contributed by atoms with Crippen LogP contribution in [0.1, 0.15) is 44.2 Å². The Morgan fingerprint density at radius 2 is 2.25 bits per heavy atom. The van der Waals surface area contributed by atoms with Gasteiger partial charge in [0, 0.05) is 6.04 Å². The molecule has 0 aromatic heterocycles. The Hall–Kier alpha value is -1.02. The van der Waals surface area contributed by atoms with E-state index in [1.807, 2.05) is 13.0 Å². The van der Waals surface area contributed by atoms with Crippen molar-refractivity contribution in [3.63, 3.8) is 0 Å². The summed E-state index contributed by atoms with van der Waals surface area (Å²) in [6.07, 6.45) is 5.24. The van der Waals surface area contributed by atoms with Crippen LogP contribution in [0.3, 0.4) is 0 Å². The molecule has 16 heavy (non-hydrogen) atoms. The summed E-state index contributed by atoms with van der Waals surface area (Å²) >= 11 is 0. The molecular formula is C14H21NO. The third kappa shape index (κ3) is 2.99. The third-order valence-corrected chi connectivity index (χ3v) is 3.13. The molecule has 1 N–H and O–H groups in total. The summed E-state index contributed by atoms with van der Waals surface area (Å²) in [5.41, 5.74) is 1.37. The minimum Gasteiger partial charge on any atom is -0.494 e. The summed E-state index contributed by atoms with van der Waals surface area (Å²) in [5, 5.41) is 3.61. The lowest BCUT2D eigenvalue weighted by atomic mass is 10.0. The smallest absolute Gasteiger partial charge is 0.119 e. The van der Waals surface area contributed by atoms with Crippen LogP contribution in [0, 0.1) is 0 Å². The van der Waals surface area contributed by atoms with E-state index in [2.05, 4.69) is 23.5 Å². The van der Waals surface area contributed by atoms with Crippen LogP contribution in [0.4, 0.5) is 0 Å². The molecule has 0 spiro atoms. The first-order valence-corrected chi connectivity index (χ1v) is 6.36. The summed E-state index contributed by atoms with van der Waals surface area (Å²) in [5.74, 6) is 0.992. The zero-order valence-corrected chi connectivity index (χ0v) is 10.0. The Bertz CT molecular complexity index is 316. The van der Waals surface area contributed by atoms with Gasteiger partial charge in [0.25, 0.3) is 0 Å². The van der Waals surface area contributed by atoms with Crippen molar-refractivity contribution in [3.8, 4) is 5.75 Å². The molecule has 0 saturated carbocycles. The van der Waals surface area contributed by atoms with Gasteiger partial charge in [-0.25, -0.2) is 0 Å². The molecule has 1 aliphatic heterocycles. The predicted molar refractivity (Wildman–Crippen MR) is 66.8 cm³/mol. The van der Waals surface area contributed by atoms with Crippen molar-refractivity contribution < 1.29 is 4.74 Å². The van der Waals surface area contributed by atoms with E-state index in [-0.39, 0.29) is 0 Å². The van der Waals surface area contributed by atoms with Gasteiger partial charge in [-0.05, 0) is 44.0 Å². The largest absolute Gasteiger partial charge is 0.494 e. The van der Waals surface area contributed by atoms with Crippen molar-refractivity contribution in [3.05, 3.63) is 29.8 Å². The lowest BCUT2D eigenvalue weighted by molar-refractivity contribution is 0.339. The summed E-state index contributed by atoms with van der Waals surface area (Å²) in [6.45, 7) is 3.90. The molecule has 1 fully saturated rings. The van der Waals surface area contributed by atoms with Crippen molar-refractivity contribution >= 4 is 0 Å². The SMILES string of the molecule is CCOc1cccc([C@H]2CCCCCN2)c1. The second-order valence-electron chi connectivity index (χ2n) is 4.36. The minimum absolute atomic E-state index is 0.517. The van der Waals surface area contributed by atoms with Crippen molar-refractivity contribution in [2.24, 2.45) is 0 Å². The molecule has 88 valence electrons. The monoisotopic (exact) mass is 219 g/mol. The van der Waals surface area contributed by atoms with Gasteiger partial charge in [0.05, 0.1) is 6.61 Å². The highest BCUT2D eigenvalue weighted by Crippen LogP contribution is 2.25. The average molecular weight is 219 g/mol. The van der Waals surface area contributed by atoms with Gasteiger partial charge < -0.3 is 10.1 Å². The molecule has 0 unspecified atom stereocenters. The molecule has 1 atom stereocenters. The zero-order valence-electron chi connectivity index (χ0n) is 10.0. The number of hydrogen-bond donors (Lipinski definition) is 1. The van der Waals surface area contributed by atoms with Crippen LogP contribution in [0.5, 0.6) is 5.75 Å². The van der Waals surface area contributed by atoms with E-state index >= 15 is 0 Å². The average Bonchev–Trinajstić information content (AvgIpc) is 2.58. The van der Waals surface area contributed by atoms with E-state index in [1.54, 1.807) is 0 Å². The van der Waals surface area contributed by atoms with Crippen LogP contribution in [0.15, 0.2) is 24.3 Å². The number of nitrogens with one attached hydrogen (secondary N) is 1. The second kappa shape index (κ2) is 5.90. The van der Waals surface area contributed by atoms with Crippen LogP contribution < -0.4 is 10.1 Å². The maximum absolute atomic E-state index is 5.54. The van der Waals surface area contributed by atoms with Gasteiger partial charge in [0.2, 0.25) is 0 Å². The van der Waals surface area contributed by atoms with Crippen molar-refractivity contribution in [2.75, 3.05) is 13.2 Å². The lowest BCUT2D eigenvalue weighted by Crippen LogP contribution is -2.20. The highest BCUT2D eigenvalue weighted by atomic mass is 16.5. The van der Waals surface area contributed by atoms with E-state index in [0.29, 0.717) is 6.04 Å². The van der Waals surface area contributed by atoms with Crippen molar-refractivity contribution in [1.82, 2.24) is 5.32 Å². The molecule has 2 rings (SSSR count). The van der Waals surface area contributed by atoms with Gasteiger partial charge >= 0.3 is 0 Å². The van der Waals surface area contributed by atoms with Gasteiger partial charge in [-0.3, -0.25) is 0 Å². The first-order chi connectivity index (χ1) is 7.90. The van der Waals surface area contributed by atoms with E-state index in [4.69, 9.17) is 4.74 Å². The Morgan fingerprint density at radius 3 is 3.12 bits per heavy atom. The van der Waals surface area contributed by atoms with Crippen LogP contribution in [0.2, 0.25) is 0 Å². The zero-order chi connectivity index (χ0) is 11.2. The number of rotatable bonds is 3. The molecule has 1 aromatic rings. The lowest BCUT2D eigenvalue weighted by Gasteiger charge is -2.17. The summed E-state index contributed by atoms with van der Waals surface area (Å²) < 4.78 is 5.54. The summed E-state index contributed by atoms with van der Waals surface area (Å²) in [6, 6.07) is 9.01. The molecule has 1 aromatic carbocycles. The number of hydrogen-bond acceptors (Lipinski definition) is 2. The highest BCUT2D eigenvalue weighted by molar-refractivity contribution is 5.30. The molecule has 1 heterocycles. The highest BCUT2D eigenvalue weighted by Gasteiger charge is 2.13. The number of benzene rings is 1. The third-order valence-electron chi connectivity index (χ3n) is 3.13. The van der Waals surface area contributed by atoms with E-state index in [1.165, 1.54) is 31.2 Å². The molecule has 2 nitrogen and oxygen atoms in total. The maximum atomic E-state index is 5.54. The molecule has 0 aliphatic carbocycles. The van der Waals surface area contributed by atoms with Gasteiger partial charge in [0.15, 0.2) is 0 Å². The quantitative estimate of drug-likeness (QED) is 0.842. The standard InChI is InChI=1S/C14H21NO/c1-2-16-13-8-6-7-12(11-13)14-9-4-3-5-10-15-14/h6-8,11,14-15H,2-5,9-10H2,1H3/t14-/m1/s1. The minimum atomic E-state index is 0.517. The predicted octanol–water partition coefficient (Wildman–Crippen LogP) is 3.29. The Balaban J connectivity index is 2.08. The Kier molecular flexibility index (Phi) is 4.23. The van der Waals surface area contributed by atoms with Crippen molar-refractivity contribution in [2.45, 2.75) is 38.6 Å². The molecule has 1 aliphatic rings. The molecule has 0 amide bonds. The van der Waals surface area contributed by atoms with E-state index in [0.717, 1.165) is 18.9 Å². The fraction of sp³-hybridized carbons (Fsp3) is 0.571. The summed E-state index contributed by atoms with van der Waals surface area (Å²) in [4.78, 5) is 0. The first kappa shape index (κ1) is 11.5. The van der Waals surface area contributed by atoms with Gasteiger partial charge in [-0.15, -0.1) is 0 Å². The van der Waals surface area contributed by atoms with Crippen LogP contribution in [-0.4, -0.2) is 13.2 Å². The first-order valence-electron chi connectivity index (χ1n) is 6.36. The van der Waals surface area contributed by atoms with Crippen molar-refractivity contribution in [1.29, 1.82) is 0 Å². The Morgan fingerprint density at radius 1 is 1.31 bits per heavy atom. The van der Waals surface area contributed by atoms with E-state index < -0.39 is 0 Å². The van der Waals surface area contributed by atoms with Crippen LogP contribution in [-0.2, 0) is 0 Å². The molecule has 0 radical (unpaired) electrons. The normalized spacial score (nSPS) is 21.4. The van der Waals surface area contributed by atoms with Gasteiger partial charge in [0.1, 0.15) is 5.75 Å². The topological polar surface area (TPSA) is 21.3 Å². The van der Waals surface area contributed by atoms with E-state index in [9.17, 15) is 0 Å². The van der Waals surface area contributed by atoms with Crippen LogP contribution >= 0.6 is 0 Å².